The van der Waals surface area contributed by atoms with Crippen LogP contribution in [-0.2, 0) is 28.9 Å². The van der Waals surface area contributed by atoms with Crippen molar-refractivity contribution in [3.63, 3.8) is 0 Å². The van der Waals surface area contributed by atoms with E-state index in [0.717, 1.165) is 24.8 Å². The highest BCUT2D eigenvalue weighted by Gasteiger charge is 2.20. The number of rotatable bonds is 5. The van der Waals surface area contributed by atoms with Crippen LogP contribution < -0.4 is 5.32 Å². The number of carbonyl (C=O) groups is 2. The van der Waals surface area contributed by atoms with Gasteiger partial charge in [-0.1, -0.05) is 36.4 Å². The Hall–Kier alpha value is -2.62. The van der Waals surface area contributed by atoms with Gasteiger partial charge < -0.3 is 10.1 Å². The molecule has 1 N–H and O–H groups in total. The van der Waals surface area contributed by atoms with Crippen molar-refractivity contribution in [3.8, 4) is 0 Å². The number of ether oxygens (including phenoxy) is 1. The van der Waals surface area contributed by atoms with Gasteiger partial charge in [-0.05, 0) is 61.4 Å². The first-order valence-corrected chi connectivity index (χ1v) is 8.78. The molecule has 1 atom stereocenters. The van der Waals surface area contributed by atoms with E-state index in [9.17, 15) is 9.59 Å². The summed E-state index contributed by atoms with van der Waals surface area (Å²) in [5.74, 6) is -0.745. The lowest BCUT2D eigenvalue weighted by Gasteiger charge is -2.17. The number of benzene rings is 2. The van der Waals surface area contributed by atoms with Crippen LogP contribution in [0.25, 0.3) is 0 Å². The zero-order valence-corrected chi connectivity index (χ0v) is 14.5. The summed E-state index contributed by atoms with van der Waals surface area (Å²) in [4.78, 5) is 24.4. The monoisotopic (exact) mass is 337 g/mol. The van der Waals surface area contributed by atoms with Crippen molar-refractivity contribution in [1.29, 1.82) is 0 Å². The Morgan fingerprint density at radius 1 is 1.04 bits per heavy atom. The molecule has 25 heavy (non-hydrogen) atoms. The van der Waals surface area contributed by atoms with Gasteiger partial charge in [-0.3, -0.25) is 4.79 Å². The third-order valence-electron chi connectivity index (χ3n) is 4.55. The second-order valence-electron chi connectivity index (χ2n) is 6.44. The van der Waals surface area contributed by atoms with E-state index in [0.29, 0.717) is 12.1 Å². The second kappa shape index (κ2) is 7.97. The maximum atomic E-state index is 12.3. The van der Waals surface area contributed by atoms with Crippen LogP contribution in [0.3, 0.4) is 0 Å². The Labute approximate surface area is 148 Å². The molecule has 0 heterocycles. The number of aryl methyl sites for hydroxylation is 2. The van der Waals surface area contributed by atoms with Crippen LogP contribution in [-0.4, -0.2) is 18.0 Å². The lowest BCUT2D eigenvalue weighted by molar-refractivity contribution is -0.129. The van der Waals surface area contributed by atoms with Gasteiger partial charge in [0.05, 0.1) is 5.56 Å². The fraction of sp³-hybridized carbons (Fsp3) is 0.333. The summed E-state index contributed by atoms with van der Waals surface area (Å²) in [5.41, 5.74) is 4.06. The van der Waals surface area contributed by atoms with Gasteiger partial charge >= 0.3 is 5.97 Å². The van der Waals surface area contributed by atoms with Gasteiger partial charge in [0.2, 0.25) is 0 Å². The molecule has 2 aromatic rings. The molecule has 0 saturated heterocycles. The van der Waals surface area contributed by atoms with E-state index in [4.69, 9.17) is 4.74 Å². The molecule has 1 aliphatic carbocycles. The molecule has 0 bridgehead atoms. The van der Waals surface area contributed by atoms with Crippen LogP contribution in [0.1, 0.15) is 46.8 Å². The summed E-state index contributed by atoms with van der Waals surface area (Å²) in [7, 11) is 0. The van der Waals surface area contributed by atoms with Crippen LogP contribution >= 0.6 is 0 Å². The lowest BCUT2D eigenvalue weighted by atomic mass is 9.90. The van der Waals surface area contributed by atoms with Gasteiger partial charge in [0.15, 0.2) is 6.10 Å². The summed E-state index contributed by atoms with van der Waals surface area (Å²) in [6, 6.07) is 15.3. The molecule has 0 fully saturated rings. The van der Waals surface area contributed by atoms with Crippen LogP contribution in [0, 0.1) is 0 Å². The topological polar surface area (TPSA) is 55.4 Å². The average molecular weight is 337 g/mol. The van der Waals surface area contributed by atoms with Gasteiger partial charge in [0.25, 0.3) is 5.91 Å². The Morgan fingerprint density at radius 3 is 2.52 bits per heavy atom. The molecule has 130 valence electrons. The Balaban J connectivity index is 1.55. The SMILES string of the molecule is C[C@H](OC(=O)c1ccc2c(c1)CCCC2)C(=O)NCc1ccccc1. The third-order valence-corrected chi connectivity index (χ3v) is 4.55. The van der Waals surface area contributed by atoms with Crippen molar-refractivity contribution < 1.29 is 14.3 Å². The van der Waals surface area contributed by atoms with Gasteiger partial charge in [0, 0.05) is 6.54 Å². The molecule has 1 aliphatic rings. The molecular formula is C21H23NO3. The lowest BCUT2D eigenvalue weighted by Crippen LogP contribution is -2.35. The highest BCUT2D eigenvalue weighted by Crippen LogP contribution is 2.22. The molecule has 0 radical (unpaired) electrons. The molecule has 4 nitrogen and oxygen atoms in total. The summed E-state index contributed by atoms with van der Waals surface area (Å²) in [6.07, 6.45) is 3.61. The van der Waals surface area contributed by atoms with E-state index in [2.05, 4.69) is 5.32 Å². The second-order valence-corrected chi connectivity index (χ2v) is 6.44. The van der Waals surface area contributed by atoms with Crippen LogP contribution in [0.15, 0.2) is 48.5 Å². The number of hydrogen-bond acceptors (Lipinski definition) is 3. The third kappa shape index (κ3) is 4.47. The molecule has 4 heteroatoms. The highest BCUT2D eigenvalue weighted by atomic mass is 16.5. The molecule has 0 saturated carbocycles. The largest absolute Gasteiger partial charge is 0.449 e. The molecule has 1 amide bonds. The van der Waals surface area contributed by atoms with Crippen molar-refractivity contribution in [2.45, 2.75) is 45.3 Å². The Bertz CT molecular complexity index is 755. The molecular weight excluding hydrogens is 314 g/mol. The quantitative estimate of drug-likeness (QED) is 0.851. The summed E-state index contributed by atoms with van der Waals surface area (Å²) < 4.78 is 5.33. The first-order valence-electron chi connectivity index (χ1n) is 8.78. The molecule has 0 spiro atoms. The van der Waals surface area contributed by atoms with Crippen molar-refractivity contribution >= 4 is 11.9 Å². The van der Waals surface area contributed by atoms with E-state index in [1.807, 2.05) is 42.5 Å². The fourth-order valence-electron chi connectivity index (χ4n) is 3.07. The molecule has 0 unspecified atom stereocenters. The minimum atomic E-state index is -0.827. The van der Waals surface area contributed by atoms with Crippen LogP contribution in [0.4, 0.5) is 0 Å². The predicted octanol–water partition coefficient (Wildman–Crippen LogP) is 3.43. The smallest absolute Gasteiger partial charge is 0.338 e. The molecule has 0 aliphatic heterocycles. The minimum absolute atomic E-state index is 0.296. The van der Waals surface area contributed by atoms with Crippen molar-refractivity contribution in [2.24, 2.45) is 0 Å². The number of fused-ring (bicyclic) bond motifs is 1. The number of esters is 1. The summed E-state index contributed by atoms with van der Waals surface area (Å²) in [5, 5.41) is 2.79. The van der Waals surface area contributed by atoms with E-state index in [-0.39, 0.29) is 5.91 Å². The number of nitrogens with one attached hydrogen (secondary N) is 1. The molecule has 2 aromatic carbocycles. The Kier molecular flexibility index (Phi) is 5.49. The van der Waals surface area contributed by atoms with Crippen molar-refractivity contribution in [1.82, 2.24) is 5.32 Å². The van der Waals surface area contributed by atoms with Gasteiger partial charge in [-0.25, -0.2) is 4.79 Å². The molecule has 0 aromatic heterocycles. The first-order chi connectivity index (χ1) is 12.1. The highest BCUT2D eigenvalue weighted by molar-refractivity contribution is 5.92. The summed E-state index contributed by atoms with van der Waals surface area (Å²) >= 11 is 0. The standard InChI is InChI=1S/C21H23NO3/c1-15(20(23)22-14-16-7-3-2-4-8-16)25-21(24)19-12-11-17-9-5-6-10-18(17)13-19/h2-4,7-8,11-13,15H,5-6,9-10,14H2,1H3,(H,22,23)/t15-/m0/s1. The van der Waals surface area contributed by atoms with Crippen LogP contribution in [0.5, 0.6) is 0 Å². The normalized spacial score (nSPS) is 14.3. The zero-order chi connectivity index (χ0) is 17.6. The van der Waals surface area contributed by atoms with Gasteiger partial charge in [-0.2, -0.15) is 0 Å². The van der Waals surface area contributed by atoms with Gasteiger partial charge in [0.1, 0.15) is 0 Å². The number of carbonyl (C=O) groups excluding carboxylic acids is 2. The Morgan fingerprint density at radius 2 is 1.76 bits per heavy atom. The van der Waals surface area contributed by atoms with E-state index in [1.54, 1.807) is 13.0 Å². The number of amides is 1. The minimum Gasteiger partial charge on any atom is -0.449 e. The zero-order valence-electron chi connectivity index (χ0n) is 14.5. The number of hydrogen-bond donors (Lipinski definition) is 1. The van der Waals surface area contributed by atoms with E-state index < -0.39 is 12.1 Å². The van der Waals surface area contributed by atoms with Crippen molar-refractivity contribution in [3.05, 3.63) is 70.8 Å². The maximum absolute atomic E-state index is 12.3. The maximum Gasteiger partial charge on any atom is 0.338 e. The van der Waals surface area contributed by atoms with E-state index in [1.165, 1.54) is 17.5 Å². The van der Waals surface area contributed by atoms with E-state index >= 15 is 0 Å². The van der Waals surface area contributed by atoms with Gasteiger partial charge in [-0.15, -0.1) is 0 Å². The fourth-order valence-corrected chi connectivity index (χ4v) is 3.07. The van der Waals surface area contributed by atoms with Crippen LogP contribution in [0.2, 0.25) is 0 Å². The summed E-state index contributed by atoms with van der Waals surface area (Å²) in [6.45, 7) is 2.01. The van der Waals surface area contributed by atoms with Crippen molar-refractivity contribution in [2.75, 3.05) is 0 Å². The average Bonchev–Trinajstić information content (AvgIpc) is 2.66. The first kappa shape index (κ1) is 17.2. The predicted molar refractivity (Wildman–Crippen MR) is 96.3 cm³/mol. The molecule has 3 rings (SSSR count).